The van der Waals surface area contributed by atoms with E-state index in [0.29, 0.717) is 40.6 Å². The van der Waals surface area contributed by atoms with E-state index in [1.54, 1.807) is 19.1 Å². The van der Waals surface area contributed by atoms with Crippen LogP contribution >= 0.6 is 0 Å². The largest absolute Gasteiger partial charge is 0.493 e. The fraction of sp³-hybridized carbons (Fsp3) is 0.524. The van der Waals surface area contributed by atoms with E-state index in [1.807, 2.05) is 0 Å². The summed E-state index contributed by atoms with van der Waals surface area (Å²) in [5.41, 5.74) is 1.47. The summed E-state index contributed by atoms with van der Waals surface area (Å²) in [7, 11) is 4.54. The van der Waals surface area contributed by atoms with Crippen molar-refractivity contribution in [1.29, 1.82) is 0 Å². The van der Waals surface area contributed by atoms with Gasteiger partial charge in [0.1, 0.15) is 0 Å². The van der Waals surface area contributed by atoms with Crippen molar-refractivity contribution in [2.24, 2.45) is 0 Å². The molecule has 3 rings (SSSR count). The van der Waals surface area contributed by atoms with Gasteiger partial charge in [-0.05, 0) is 45.0 Å². The third kappa shape index (κ3) is 4.30. The lowest BCUT2D eigenvalue weighted by molar-refractivity contribution is -0.139. The van der Waals surface area contributed by atoms with Crippen LogP contribution in [0.4, 0.5) is 4.79 Å². The van der Waals surface area contributed by atoms with E-state index in [9.17, 15) is 9.59 Å². The molecule has 1 aromatic rings. The Bertz CT molecular complexity index is 832. The van der Waals surface area contributed by atoms with Crippen molar-refractivity contribution in [1.82, 2.24) is 15.5 Å². The van der Waals surface area contributed by atoms with Crippen LogP contribution in [-0.2, 0) is 9.53 Å². The molecule has 2 aliphatic heterocycles. The number of nitrogens with one attached hydrogen (secondary N) is 2. The van der Waals surface area contributed by atoms with E-state index >= 15 is 0 Å². The Labute approximate surface area is 176 Å². The van der Waals surface area contributed by atoms with Gasteiger partial charge in [-0.2, -0.15) is 0 Å². The predicted octanol–water partition coefficient (Wildman–Crippen LogP) is 1.98. The number of hydrogen-bond donors (Lipinski definition) is 2. The van der Waals surface area contributed by atoms with E-state index in [0.717, 1.165) is 25.9 Å². The van der Waals surface area contributed by atoms with Gasteiger partial charge in [0, 0.05) is 17.8 Å². The molecule has 2 N–H and O–H groups in total. The summed E-state index contributed by atoms with van der Waals surface area (Å²) in [5, 5.41) is 5.65. The van der Waals surface area contributed by atoms with Gasteiger partial charge in [-0.15, -0.1) is 0 Å². The molecule has 9 nitrogen and oxygen atoms in total. The highest BCUT2D eigenvalue weighted by molar-refractivity contribution is 5.95. The maximum Gasteiger partial charge on any atom is 0.338 e. The highest BCUT2D eigenvalue weighted by Gasteiger charge is 2.37. The number of carbonyl (C=O) groups is 2. The van der Waals surface area contributed by atoms with Crippen molar-refractivity contribution in [3.05, 3.63) is 29.0 Å². The maximum atomic E-state index is 13.0. The average Bonchev–Trinajstić information content (AvgIpc) is 3.25. The van der Waals surface area contributed by atoms with Crippen LogP contribution in [0.2, 0.25) is 0 Å². The maximum absolute atomic E-state index is 13.0. The zero-order chi connectivity index (χ0) is 21.7. The fourth-order valence-electron chi connectivity index (χ4n) is 3.94. The molecule has 1 saturated heterocycles. The normalized spacial score (nSPS) is 19.2. The summed E-state index contributed by atoms with van der Waals surface area (Å²) in [6.07, 6.45) is 2.20. The van der Waals surface area contributed by atoms with Gasteiger partial charge in [-0.3, -0.25) is 4.90 Å². The Hall–Kier alpha value is -2.94. The second kappa shape index (κ2) is 9.71. The van der Waals surface area contributed by atoms with Crippen molar-refractivity contribution in [3.63, 3.8) is 0 Å². The molecule has 0 aliphatic carbocycles. The number of amides is 2. The molecule has 9 heteroatoms. The minimum absolute atomic E-state index is 0.225. The highest BCUT2D eigenvalue weighted by atomic mass is 16.5. The Balaban J connectivity index is 2.12. The van der Waals surface area contributed by atoms with Crippen molar-refractivity contribution >= 4 is 12.0 Å². The number of carbonyl (C=O) groups excluding carboxylic acids is 2. The summed E-state index contributed by atoms with van der Waals surface area (Å²) in [5.74, 6) is 0.763. The van der Waals surface area contributed by atoms with Crippen molar-refractivity contribution < 1.29 is 28.5 Å². The lowest BCUT2D eigenvalue weighted by Crippen LogP contribution is -2.48. The smallest absolute Gasteiger partial charge is 0.338 e. The quantitative estimate of drug-likeness (QED) is 0.622. The second-order valence-corrected chi connectivity index (χ2v) is 7.05. The first kappa shape index (κ1) is 21.8. The third-order valence-electron chi connectivity index (χ3n) is 5.28. The Morgan fingerprint density at radius 3 is 2.40 bits per heavy atom. The molecule has 1 unspecified atom stereocenters. The first-order valence-corrected chi connectivity index (χ1v) is 10.0. The molecule has 0 aromatic heterocycles. The Morgan fingerprint density at radius 2 is 1.80 bits per heavy atom. The van der Waals surface area contributed by atoms with Crippen LogP contribution in [0.3, 0.4) is 0 Å². The number of nitrogens with zero attached hydrogens (tertiary/aromatic N) is 1. The Morgan fingerprint density at radius 1 is 1.10 bits per heavy atom. The Kier molecular flexibility index (Phi) is 7.04. The van der Waals surface area contributed by atoms with Gasteiger partial charge in [-0.1, -0.05) is 0 Å². The fourth-order valence-corrected chi connectivity index (χ4v) is 3.94. The summed E-state index contributed by atoms with van der Waals surface area (Å²) in [6.45, 7) is 4.29. The van der Waals surface area contributed by atoms with E-state index < -0.39 is 12.0 Å². The number of urea groups is 1. The number of esters is 1. The van der Waals surface area contributed by atoms with Gasteiger partial charge in [0.05, 0.1) is 39.6 Å². The third-order valence-corrected chi connectivity index (χ3v) is 5.28. The van der Waals surface area contributed by atoms with Gasteiger partial charge in [0.25, 0.3) is 0 Å². The van der Waals surface area contributed by atoms with Crippen molar-refractivity contribution in [3.8, 4) is 17.2 Å². The zero-order valence-electron chi connectivity index (χ0n) is 17.9. The van der Waals surface area contributed by atoms with E-state index in [4.69, 9.17) is 18.9 Å². The molecule has 1 fully saturated rings. The van der Waals surface area contributed by atoms with Crippen LogP contribution in [0.15, 0.2) is 23.4 Å². The molecule has 0 saturated carbocycles. The van der Waals surface area contributed by atoms with Gasteiger partial charge in [-0.25, -0.2) is 9.59 Å². The number of hydrogen-bond acceptors (Lipinski definition) is 7. The number of methoxy groups -OCH3 is 3. The zero-order valence-corrected chi connectivity index (χ0v) is 17.9. The van der Waals surface area contributed by atoms with Crippen LogP contribution in [0.25, 0.3) is 0 Å². The minimum Gasteiger partial charge on any atom is -0.493 e. The number of likely N-dealkylation sites (tertiary alicyclic amines) is 1. The van der Waals surface area contributed by atoms with Crippen LogP contribution in [0.1, 0.15) is 31.4 Å². The lowest BCUT2D eigenvalue weighted by Gasteiger charge is -2.32. The first-order chi connectivity index (χ1) is 14.5. The standard InChI is InChI=1S/C21H29N3O6/c1-5-30-20(25)16-14(12-24-10-6-7-11-24)22-21(26)23-17(16)13-8-9-15(27-2)19(29-4)18(13)28-3/h8-9,17H,5-7,10-12H2,1-4H3,(H2,22,23,26). The molecular formula is C21H29N3O6. The highest BCUT2D eigenvalue weighted by Crippen LogP contribution is 2.44. The molecular weight excluding hydrogens is 390 g/mol. The molecule has 0 bridgehead atoms. The van der Waals surface area contributed by atoms with E-state index in [2.05, 4.69) is 15.5 Å². The van der Waals surface area contributed by atoms with Crippen LogP contribution in [-0.4, -0.2) is 64.5 Å². The molecule has 164 valence electrons. The SMILES string of the molecule is CCOC(=O)C1=C(CN2CCCC2)NC(=O)NC1c1ccc(OC)c(OC)c1OC. The molecule has 2 aliphatic rings. The number of ether oxygens (including phenoxy) is 4. The molecule has 2 amide bonds. The van der Waals surface area contributed by atoms with E-state index in [1.165, 1.54) is 21.3 Å². The van der Waals surface area contributed by atoms with Gasteiger partial charge < -0.3 is 29.6 Å². The van der Waals surface area contributed by atoms with Gasteiger partial charge in [0.15, 0.2) is 11.5 Å². The van der Waals surface area contributed by atoms with Crippen LogP contribution in [0.5, 0.6) is 17.2 Å². The lowest BCUT2D eigenvalue weighted by atomic mass is 9.93. The molecule has 30 heavy (non-hydrogen) atoms. The summed E-state index contributed by atoms with van der Waals surface area (Å²) >= 11 is 0. The van der Waals surface area contributed by atoms with Gasteiger partial charge >= 0.3 is 12.0 Å². The first-order valence-electron chi connectivity index (χ1n) is 10.0. The monoisotopic (exact) mass is 419 g/mol. The molecule has 2 heterocycles. The number of rotatable bonds is 8. The summed E-state index contributed by atoms with van der Waals surface area (Å²) < 4.78 is 21.8. The van der Waals surface area contributed by atoms with Crippen molar-refractivity contribution in [2.45, 2.75) is 25.8 Å². The summed E-state index contributed by atoms with van der Waals surface area (Å²) in [4.78, 5) is 27.7. The minimum atomic E-state index is -0.759. The van der Waals surface area contributed by atoms with Crippen LogP contribution in [0, 0.1) is 0 Å². The average molecular weight is 419 g/mol. The predicted molar refractivity (Wildman–Crippen MR) is 110 cm³/mol. The molecule has 1 atom stereocenters. The molecule has 0 radical (unpaired) electrons. The summed E-state index contributed by atoms with van der Waals surface area (Å²) in [6, 6.07) is 2.32. The van der Waals surface area contributed by atoms with Gasteiger partial charge in [0.2, 0.25) is 5.75 Å². The second-order valence-electron chi connectivity index (χ2n) is 7.05. The van der Waals surface area contributed by atoms with Crippen molar-refractivity contribution in [2.75, 3.05) is 47.6 Å². The number of benzene rings is 1. The molecule has 1 aromatic carbocycles. The topological polar surface area (TPSA) is 98.4 Å². The van der Waals surface area contributed by atoms with Crippen LogP contribution < -0.4 is 24.8 Å². The van der Waals surface area contributed by atoms with E-state index in [-0.39, 0.29) is 12.6 Å². The molecule has 0 spiro atoms.